The van der Waals surface area contributed by atoms with E-state index in [0.717, 1.165) is 0 Å². The lowest BCUT2D eigenvalue weighted by Gasteiger charge is -2.07. The zero-order valence-corrected chi connectivity index (χ0v) is 9.33. The van der Waals surface area contributed by atoms with Gasteiger partial charge in [0, 0.05) is 6.20 Å². The van der Waals surface area contributed by atoms with Crippen LogP contribution in [0, 0.1) is 0 Å². The van der Waals surface area contributed by atoms with Crippen molar-refractivity contribution in [1.29, 1.82) is 0 Å². The second-order valence-electron chi connectivity index (χ2n) is 3.47. The Labute approximate surface area is 105 Å². The van der Waals surface area contributed by atoms with Gasteiger partial charge in [-0.05, 0) is 16.5 Å². The molecule has 0 unspecified atom stereocenters. The molecule has 1 N–H and O–H groups in total. The van der Waals surface area contributed by atoms with Crippen LogP contribution < -0.4 is 4.74 Å². The van der Waals surface area contributed by atoms with Gasteiger partial charge in [-0.3, -0.25) is 9.97 Å². The lowest BCUT2D eigenvalue weighted by molar-refractivity contribution is 0.0694. The van der Waals surface area contributed by atoms with Crippen LogP contribution in [0.25, 0.3) is 5.65 Å². The van der Waals surface area contributed by atoms with E-state index in [1.54, 1.807) is 0 Å². The Balaban J connectivity index is 2.06. The molecule has 0 spiro atoms. The van der Waals surface area contributed by atoms with E-state index < -0.39 is 5.97 Å². The van der Waals surface area contributed by atoms with Crippen molar-refractivity contribution in [3.05, 3.63) is 36.4 Å². The maximum absolute atomic E-state index is 11.1. The lowest BCUT2D eigenvalue weighted by atomic mass is 10.2. The normalized spacial score (nSPS) is 10.5. The van der Waals surface area contributed by atoms with Crippen molar-refractivity contribution in [2.45, 2.75) is 0 Å². The Morgan fingerprint density at radius 1 is 1.26 bits per heavy atom. The van der Waals surface area contributed by atoms with Crippen LogP contribution in [0.15, 0.2) is 30.9 Å². The Bertz CT molecular complexity index is 756. The molecule has 9 nitrogen and oxygen atoms in total. The molecule has 0 radical (unpaired) electrons. The predicted molar refractivity (Wildman–Crippen MR) is 59.8 cm³/mol. The summed E-state index contributed by atoms with van der Waals surface area (Å²) in [5.41, 5.74) is 0.373. The zero-order chi connectivity index (χ0) is 13.2. The fourth-order valence-electron chi connectivity index (χ4n) is 1.47. The molecule has 3 heterocycles. The van der Waals surface area contributed by atoms with Crippen LogP contribution in [0.1, 0.15) is 10.4 Å². The third kappa shape index (κ3) is 1.92. The first-order valence-electron chi connectivity index (χ1n) is 5.13. The van der Waals surface area contributed by atoms with Gasteiger partial charge < -0.3 is 9.84 Å². The number of nitrogens with zero attached hydrogens (tertiary/aromatic N) is 6. The van der Waals surface area contributed by atoms with Crippen molar-refractivity contribution in [2.24, 2.45) is 0 Å². The standard InChI is InChI=1S/C10H6N6O3/c17-10(18)6-1-2-11-3-7(6)19-9-5-12-4-8-13-14-15-16(8)9/h1-5H,(H,17,18). The molecule has 0 aliphatic rings. The van der Waals surface area contributed by atoms with E-state index in [0.29, 0.717) is 5.65 Å². The summed E-state index contributed by atoms with van der Waals surface area (Å²) >= 11 is 0. The van der Waals surface area contributed by atoms with Crippen LogP contribution in [-0.2, 0) is 0 Å². The first kappa shape index (κ1) is 11.0. The monoisotopic (exact) mass is 258 g/mol. The van der Waals surface area contributed by atoms with Gasteiger partial charge in [-0.15, -0.1) is 5.10 Å². The number of carbonyl (C=O) groups is 1. The minimum absolute atomic E-state index is 0.0138. The number of hydrogen-bond acceptors (Lipinski definition) is 7. The largest absolute Gasteiger partial charge is 0.478 e. The predicted octanol–water partition coefficient (Wildman–Crippen LogP) is 0.405. The van der Waals surface area contributed by atoms with Gasteiger partial charge in [-0.25, -0.2) is 4.79 Å². The molecule has 3 aromatic rings. The zero-order valence-electron chi connectivity index (χ0n) is 9.33. The molecular weight excluding hydrogens is 252 g/mol. The molecule has 0 saturated carbocycles. The summed E-state index contributed by atoms with van der Waals surface area (Å²) in [4.78, 5) is 18.8. The average Bonchev–Trinajstić information content (AvgIpc) is 2.88. The van der Waals surface area contributed by atoms with E-state index in [-0.39, 0.29) is 17.2 Å². The number of pyridine rings is 1. The summed E-state index contributed by atoms with van der Waals surface area (Å²) in [6.45, 7) is 0. The minimum Gasteiger partial charge on any atom is -0.478 e. The molecule has 3 aromatic heterocycles. The molecule has 0 amide bonds. The van der Waals surface area contributed by atoms with E-state index in [4.69, 9.17) is 9.84 Å². The quantitative estimate of drug-likeness (QED) is 0.717. The summed E-state index contributed by atoms with van der Waals surface area (Å²) in [5.74, 6) is -0.841. The second-order valence-corrected chi connectivity index (χ2v) is 3.47. The summed E-state index contributed by atoms with van der Waals surface area (Å²) in [6.07, 6.45) is 5.50. The van der Waals surface area contributed by atoms with Gasteiger partial charge in [0.05, 0.1) is 18.6 Å². The Morgan fingerprint density at radius 2 is 2.16 bits per heavy atom. The molecule has 94 valence electrons. The highest BCUT2D eigenvalue weighted by Gasteiger charge is 2.14. The summed E-state index contributed by atoms with van der Waals surface area (Å²) in [5, 5.41) is 19.9. The maximum Gasteiger partial charge on any atom is 0.339 e. The van der Waals surface area contributed by atoms with Crippen LogP contribution >= 0.6 is 0 Å². The van der Waals surface area contributed by atoms with E-state index >= 15 is 0 Å². The van der Waals surface area contributed by atoms with Gasteiger partial charge in [0.25, 0.3) is 0 Å². The highest BCUT2D eigenvalue weighted by molar-refractivity contribution is 5.90. The van der Waals surface area contributed by atoms with Crippen LogP contribution in [0.3, 0.4) is 0 Å². The Hall–Kier alpha value is -3.10. The number of aromatic nitrogens is 6. The number of ether oxygens (including phenoxy) is 1. The Kier molecular flexibility index (Phi) is 2.49. The number of fused-ring (bicyclic) bond motifs is 1. The lowest BCUT2D eigenvalue weighted by Crippen LogP contribution is -2.03. The number of aromatic carboxylic acids is 1. The van der Waals surface area contributed by atoms with Gasteiger partial charge in [0.1, 0.15) is 5.56 Å². The molecule has 0 aliphatic heterocycles. The molecule has 9 heteroatoms. The molecular formula is C10H6N6O3. The topological polar surface area (TPSA) is 115 Å². The first-order chi connectivity index (χ1) is 9.25. The van der Waals surface area contributed by atoms with Gasteiger partial charge in [-0.1, -0.05) is 0 Å². The summed E-state index contributed by atoms with van der Waals surface area (Å²) in [7, 11) is 0. The first-order valence-corrected chi connectivity index (χ1v) is 5.13. The number of carboxylic acids is 1. The van der Waals surface area contributed by atoms with E-state index in [1.807, 2.05) is 0 Å². The van der Waals surface area contributed by atoms with E-state index in [2.05, 4.69) is 25.5 Å². The SMILES string of the molecule is O=C(O)c1ccncc1Oc1cncc2nnnn12. The molecule has 0 bridgehead atoms. The highest BCUT2D eigenvalue weighted by Crippen LogP contribution is 2.23. The highest BCUT2D eigenvalue weighted by atomic mass is 16.5. The molecule has 0 saturated heterocycles. The molecule has 0 atom stereocenters. The van der Waals surface area contributed by atoms with Gasteiger partial charge in [-0.2, -0.15) is 4.52 Å². The van der Waals surface area contributed by atoms with Gasteiger partial charge in [0.15, 0.2) is 5.75 Å². The third-order valence-electron chi connectivity index (χ3n) is 2.31. The van der Waals surface area contributed by atoms with Gasteiger partial charge in [0.2, 0.25) is 11.5 Å². The number of carboxylic acid groups (broad SMARTS) is 1. The third-order valence-corrected chi connectivity index (χ3v) is 2.31. The van der Waals surface area contributed by atoms with Gasteiger partial charge >= 0.3 is 5.97 Å². The fourth-order valence-corrected chi connectivity index (χ4v) is 1.47. The van der Waals surface area contributed by atoms with Crippen molar-refractivity contribution in [1.82, 2.24) is 30.0 Å². The van der Waals surface area contributed by atoms with Crippen LogP contribution in [0.2, 0.25) is 0 Å². The molecule has 0 aliphatic carbocycles. The second kappa shape index (κ2) is 4.29. The minimum atomic E-state index is -1.12. The number of hydrogen-bond donors (Lipinski definition) is 1. The Morgan fingerprint density at radius 3 is 3.00 bits per heavy atom. The van der Waals surface area contributed by atoms with Crippen LogP contribution in [-0.4, -0.2) is 41.1 Å². The van der Waals surface area contributed by atoms with Crippen molar-refractivity contribution in [3.8, 4) is 11.6 Å². The fraction of sp³-hybridized carbons (Fsp3) is 0. The van der Waals surface area contributed by atoms with Crippen molar-refractivity contribution < 1.29 is 14.6 Å². The maximum atomic E-state index is 11.1. The van der Waals surface area contributed by atoms with Crippen LogP contribution in [0.4, 0.5) is 0 Å². The molecule has 0 aromatic carbocycles. The smallest absolute Gasteiger partial charge is 0.339 e. The van der Waals surface area contributed by atoms with Crippen molar-refractivity contribution >= 4 is 11.6 Å². The molecule has 3 rings (SSSR count). The van der Waals surface area contributed by atoms with Crippen molar-refractivity contribution in [3.63, 3.8) is 0 Å². The summed E-state index contributed by atoms with van der Waals surface area (Å²) < 4.78 is 6.75. The summed E-state index contributed by atoms with van der Waals surface area (Å²) in [6, 6.07) is 1.34. The van der Waals surface area contributed by atoms with E-state index in [1.165, 1.54) is 35.4 Å². The van der Waals surface area contributed by atoms with Crippen LogP contribution in [0.5, 0.6) is 11.6 Å². The average molecular weight is 258 g/mol. The molecule has 19 heavy (non-hydrogen) atoms. The number of rotatable bonds is 3. The van der Waals surface area contributed by atoms with E-state index in [9.17, 15) is 4.79 Å². The number of tetrazole rings is 1. The molecule has 0 fully saturated rings. The van der Waals surface area contributed by atoms with Crippen molar-refractivity contribution in [2.75, 3.05) is 0 Å².